The Bertz CT molecular complexity index is 429. The molecule has 3 atom stereocenters. The second-order valence-electron chi connectivity index (χ2n) is 7.00. The highest BCUT2D eigenvalue weighted by atomic mass is 16.6. The maximum absolute atomic E-state index is 12.4. The zero-order valence-electron chi connectivity index (χ0n) is 14.6. The predicted molar refractivity (Wildman–Crippen MR) is 87.2 cm³/mol. The molecule has 0 aromatic heterocycles. The Morgan fingerprint density at radius 1 is 1.35 bits per heavy atom. The molecule has 2 rings (SSSR count). The number of hydrogen-bond donors (Lipinski definition) is 1. The Kier molecular flexibility index (Phi) is 6.56. The van der Waals surface area contributed by atoms with Crippen LogP contribution in [0.1, 0.15) is 39.0 Å². The summed E-state index contributed by atoms with van der Waals surface area (Å²) < 4.78 is 11.3. The molecule has 1 spiro atoms. The number of carbonyl (C=O) groups excluding carboxylic acids is 2. The van der Waals surface area contributed by atoms with Gasteiger partial charge in [0.1, 0.15) is 17.3 Å². The van der Waals surface area contributed by atoms with E-state index in [1.54, 1.807) is 14.0 Å². The Labute approximate surface area is 138 Å². The summed E-state index contributed by atoms with van der Waals surface area (Å²) in [7, 11) is 3.71. The van der Waals surface area contributed by atoms with E-state index in [4.69, 9.17) is 9.47 Å². The van der Waals surface area contributed by atoms with E-state index in [0.29, 0.717) is 25.9 Å². The largest absolute Gasteiger partial charge is 0.456 e. The lowest BCUT2D eigenvalue weighted by Gasteiger charge is -2.30. The van der Waals surface area contributed by atoms with Gasteiger partial charge in [-0.25, -0.2) is 0 Å². The number of methoxy groups -OCH3 is 1. The molecule has 2 saturated heterocycles. The van der Waals surface area contributed by atoms with E-state index in [-0.39, 0.29) is 17.9 Å². The van der Waals surface area contributed by atoms with Crippen molar-refractivity contribution in [2.24, 2.45) is 5.92 Å². The van der Waals surface area contributed by atoms with Crippen LogP contribution in [0.5, 0.6) is 0 Å². The molecule has 1 N–H and O–H groups in total. The van der Waals surface area contributed by atoms with Crippen molar-refractivity contribution >= 4 is 11.8 Å². The molecule has 2 fully saturated rings. The van der Waals surface area contributed by atoms with Gasteiger partial charge in [-0.2, -0.15) is 0 Å². The van der Waals surface area contributed by atoms with E-state index in [2.05, 4.69) is 10.2 Å². The monoisotopic (exact) mass is 326 g/mol. The fraction of sp³-hybridized carbons (Fsp3) is 0.882. The standard InChI is InChI=1S/C17H30N2O4/c1-13-15(20)7-6-14(22-3)5-4-9-18-11-17(23-16(13)21)8-10-19(2)12-17/h13-14,18H,4-12H2,1-3H3. The molecule has 23 heavy (non-hydrogen) atoms. The van der Waals surface area contributed by atoms with Gasteiger partial charge in [0, 0.05) is 39.6 Å². The summed E-state index contributed by atoms with van der Waals surface area (Å²) in [6.45, 7) is 4.79. The van der Waals surface area contributed by atoms with Gasteiger partial charge in [-0.05, 0) is 39.8 Å². The summed E-state index contributed by atoms with van der Waals surface area (Å²) in [4.78, 5) is 26.9. The normalized spacial score (nSPS) is 35.4. The van der Waals surface area contributed by atoms with Crippen molar-refractivity contribution in [1.82, 2.24) is 10.2 Å². The number of ketones is 1. The Morgan fingerprint density at radius 2 is 2.13 bits per heavy atom. The van der Waals surface area contributed by atoms with Gasteiger partial charge in [0.2, 0.25) is 0 Å². The number of rotatable bonds is 1. The summed E-state index contributed by atoms with van der Waals surface area (Å²) >= 11 is 0. The zero-order chi connectivity index (χ0) is 16.9. The van der Waals surface area contributed by atoms with E-state index >= 15 is 0 Å². The van der Waals surface area contributed by atoms with E-state index in [1.165, 1.54) is 0 Å². The maximum Gasteiger partial charge on any atom is 0.316 e. The molecule has 3 unspecified atom stereocenters. The van der Waals surface area contributed by atoms with Crippen LogP contribution in [0, 0.1) is 5.92 Å². The van der Waals surface area contributed by atoms with Crippen molar-refractivity contribution in [3.05, 3.63) is 0 Å². The lowest BCUT2D eigenvalue weighted by Crippen LogP contribution is -2.48. The molecule has 2 aliphatic rings. The third kappa shape index (κ3) is 4.99. The number of nitrogens with one attached hydrogen (secondary N) is 1. The third-order valence-electron chi connectivity index (χ3n) is 5.03. The molecule has 2 aliphatic heterocycles. The van der Waals surface area contributed by atoms with Crippen LogP contribution in [0.3, 0.4) is 0 Å². The highest BCUT2D eigenvalue weighted by Gasteiger charge is 2.41. The average molecular weight is 326 g/mol. The van der Waals surface area contributed by atoms with Crippen molar-refractivity contribution in [3.8, 4) is 0 Å². The average Bonchev–Trinajstić information content (AvgIpc) is 2.89. The molecule has 0 aromatic carbocycles. The van der Waals surface area contributed by atoms with Gasteiger partial charge in [0.25, 0.3) is 0 Å². The molecule has 0 aliphatic carbocycles. The van der Waals surface area contributed by atoms with Crippen molar-refractivity contribution < 1.29 is 19.1 Å². The third-order valence-corrected chi connectivity index (χ3v) is 5.03. The summed E-state index contributed by atoms with van der Waals surface area (Å²) in [5, 5.41) is 3.42. The fourth-order valence-corrected chi connectivity index (χ4v) is 3.41. The van der Waals surface area contributed by atoms with Crippen LogP contribution in [-0.4, -0.2) is 68.7 Å². The first-order chi connectivity index (χ1) is 11.0. The first-order valence-electron chi connectivity index (χ1n) is 8.63. The highest BCUT2D eigenvalue weighted by Crippen LogP contribution is 2.26. The number of hydrogen-bond acceptors (Lipinski definition) is 6. The second kappa shape index (κ2) is 8.22. The number of likely N-dealkylation sites (tertiary alicyclic amines) is 1. The Morgan fingerprint density at radius 3 is 2.78 bits per heavy atom. The first-order valence-corrected chi connectivity index (χ1v) is 8.63. The molecule has 0 aromatic rings. The topological polar surface area (TPSA) is 67.9 Å². The molecule has 132 valence electrons. The minimum atomic E-state index is -0.698. The maximum atomic E-state index is 12.4. The van der Waals surface area contributed by atoms with Crippen LogP contribution in [0.15, 0.2) is 0 Å². The molecule has 0 saturated carbocycles. The van der Waals surface area contributed by atoms with Gasteiger partial charge < -0.3 is 19.7 Å². The van der Waals surface area contributed by atoms with Gasteiger partial charge in [-0.15, -0.1) is 0 Å². The van der Waals surface area contributed by atoms with Crippen molar-refractivity contribution in [2.75, 3.05) is 40.3 Å². The van der Waals surface area contributed by atoms with Gasteiger partial charge >= 0.3 is 5.97 Å². The molecule has 6 heteroatoms. The summed E-state index contributed by atoms with van der Waals surface area (Å²) in [6.07, 6.45) is 3.84. The Hall–Kier alpha value is -0.980. The van der Waals surface area contributed by atoms with Crippen LogP contribution >= 0.6 is 0 Å². The molecule has 6 nitrogen and oxygen atoms in total. The number of nitrogens with zero attached hydrogens (tertiary/aromatic N) is 1. The van der Waals surface area contributed by atoms with Crippen molar-refractivity contribution in [3.63, 3.8) is 0 Å². The van der Waals surface area contributed by atoms with Crippen LogP contribution in [0.2, 0.25) is 0 Å². The second-order valence-corrected chi connectivity index (χ2v) is 7.00. The number of ether oxygens (including phenoxy) is 2. The van der Waals surface area contributed by atoms with Gasteiger partial charge in [0.05, 0.1) is 6.10 Å². The molecule has 2 heterocycles. The fourth-order valence-electron chi connectivity index (χ4n) is 3.41. The highest BCUT2D eigenvalue weighted by molar-refractivity contribution is 5.98. The van der Waals surface area contributed by atoms with E-state index < -0.39 is 11.5 Å². The van der Waals surface area contributed by atoms with E-state index in [9.17, 15) is 9.59 Å². The minimum Gasteiger partial charge on any atom is -0.456 e. The SMILES string of the molecule is COC1CCCNCC2(CCN(C)C2)OC(=O)C(C)C(=O)CC1. The molecular weight excluding hydrogens is 296 g/mol. The van der Waals surface area contributed by atoms with Gasteiger partial charge in [-0.1, -0.05) is 0 Å². The van der Waals surface area contributed by atoms with Crippen LogP contribution in [0.25, 0.3) is 0 Å². The number of carbonyl (C=O) groups is 2. The number of esters is 1. The van der Waals surface area contributed by atoms with Crippen molar-refractivity contribution in [2.45, 2.75) is 50.7 Å². The van der Waals surface area contributed by atoms with Crippen LogP contribution < -0.4 is 5.32 Å². The van der Waals surface area contributed by atoms with E-state index in [1.807, 2.05) is 7.05 Å². The van der Waals surface area contributed by atoms with Gasteiger partial charge in [0.15, 0.2) is 0 Å². The van der Waals surface area contributed by atoms with Crippen LogP contribution in [0.4, 0.5) is 0 Å². The van der Waals surface area contributed by atoms with Gasteiger partial charge in [-0.3, -0.25) is 9.59 Å². The first kappa shape index (κ1) is 18.4. The molecule has 0 amide bonds. The Balaban J connectivity index is 2.08. The quantitative estimate of drug-likeness (QED) is 0.572. The predicted octanol–water partition coefficient (Wildman–Crippen LogP) is 0.988. The smallest absolute Gasteiger partial charge is 0.316 e. The van der Waals surface area contributed by atoms with E-state index in [0.717, 1.165) is 32.4 Å². The lowest BCUT2D eigenvalue weighted by atomic mass is 9.98. The molecular formula is C17H30N2O4. The summed E-state index contributed by atoms with van der Waals surface area (Å²) in [5.41, 5.74) is -0.505. The number of likely N-dealkylation sites (N-methyl/N-ethyl adjacent to an activating group) is 1. The number of Topliss-reactive ketones (excluding diaryl/α,β-unsaturated/α-hetero) is 1. The minimum absolute atomic E-state index is 0.0502. The van der Waals surface area contributed by atoms with Crippen LogP contribution in [-0.2, 0) is 19.1 Å². The zero-order valence-corrected chi connectivity index (χ0v) is 14.6. The molecule has 0 bridgehead atoms. The molecule has 0 radical (unpaired) electrons. The summed E-state index contributed by atoms with van der Waals surface area (Å²) in [5.74, 6) is -1.14. The summed E-state index contributed by atoms with van der Waals surface area (Å²) in [6, 6.07) is 0. The lowest BCUT2D eigenvalue weighted by molar-refractivity contribution is -0.164. The van der Waals surface area contributed by atoms with Crippen molar-refractivity contribution in [1.29, 1.82) is 0 Å².